The smallest absolute Gasteiger partial charge is 0.247 e. The van der Waals surface area contributed by atoms with Crippen molar-refractivity contribution in [3.8, 4) is 0 Å². The fourth-order valence-corrected chi connectivity index (χ4v) is 3.65. The molecule has 1 atom stereocenters. The molecule has 1 aliphatic heterocycles. The Labute approximate surface area is 137 Å². The molecule has 4 heterocycles. The van der Waals surface area contributed by atoms with Crippen molar-refractivity contribution in [1.82, 2.24) is 19.5 Å². The van der Waals surface area contributed by atoms with Crippen molar-refractivity contribution in [1.29, 1.82) is 0 Å². The van der Waals surface area contributed by atoms with Crippen LogP contribution in [0, 0.1) is 0 Å². The Hall–Kier alpha value is -2.47. The molecule has 116 valence electrons. The van der Waals surface area contributed by atoms with E-state index in [0.717, 1.165) is 36.4 Å². The molecule has 1 amide bonds. The first-order valence-electron chi connectivity index (χ1n) is 7.63. The summed E-state index contributed by atoms with van der Waals surface area (Å²) in [5.74, 6) is 0.877. The maximum Gasteiger partial charge on any atom is 0.247 e. The summed E-state index contributed by atoms with van der Waals surface area (Å²) in [6.45, 7) is 0.763. The predicted molar refractivity (Wildman–Crippen MR) is 90.0 cm³/mol. The summed E-state index contributed by atoms with van der Waals surface area (Å²) in [6, 6.07) is 7.81. The fraction of sp³-hybridized carbons (Fsp3) is 0.235. The van der Waals surface area contributed by atoms with Gasteiger partial charge in [-0.05, 0) is 53.4 Å². The minimum Gasteiger partial charge on any atom is -0.329 e. The number of carbonyl (C=O) groups is 1. The van der Waals surface area contributed by atoms with Crippen LogP contribution in [0.15, 0.2) is 47.3 Å². The van der Waals surface area contributed by atoms with Crippen molar-refractivity contribution in [2.45, 2.75) is 18.9 Å². The Kier molecular flexibility index (Phi) is 3.67. The summed E-state index contributed by atoms with van der Waals surface area (Å²) < 4.78 is 1.97. The maximum absolute atomic E-state index is 12.6. The summed E-state index contributed by atoms with van der Waals surface area (Å²) in [7, 11) is 0. The van der Waals surface area contributed by atoms with Crippen LogP contribution >= 0.6 is 11.3 Å². The van der Waals surface area contributed by atoms with Crippen LogP contribution in [-0.4, -0.2) is 31.9 Å². The Morgan fingerprint density at radius 3 is 3.13 bits per heavy atom. The molecule has 1 fully saturated rings. The quantitative estimate of drug-likeness (QED) is 0.695. The second-order valence-corrected chi connectivity index (χ2v) is 6.35. The molecule has 6 heteroatoms. The number of hydrogen-bond donors (Lipinski definition) is 0. The number of fused-ring (bicyclic) bond motifs is 1. The zero-order valence-electron chi connectivity index (χ0n) is 12.5. The van der Waals surface area contributed by atoms with Crippen LogP contribution in [0.25, 0.3) is 11.7 Å². The number of carbonyl (C=O) groups excluding carboxylic acids is 1. The normalized spacial score (nSPS) is 18.3. The molecule has 4 rings (SSSR count). The third kappa shape index (κ3) is 2.66. The number of hydrogen-bond acceptors (Lipinski definition) is 4. The number of aromatic nitrogens is 3. The first-order chi connectivity index (χ1) is 11.3. The number of thiophene rings is 1. The van der Waals surface area contributed by atoms with E-state index >= 15 is 0 Å². The lowest BCUT2D eigenvalue weighted by molar-refractivity contribution is -0.127. The molecule has 3 aromatic heterocycles. The standard InChI is InChI=1S/C17H16N4OS/c22-16(7-6-13-8-11-23-12-13)20-10-3-4-14(20)17-19-18-15-5-1-2-9-21(15)17/h1-2,5-9,11-12,14H,3-4,10H2/b7-6+/t14-/m0/s1. The third-order valence-corrected chi connectivity index (χ3v) is 4.84. The van der Waals surface area contributed by atoms with E-state index in [0.29, 0.717) is 0 Å². The van der Waals surface area contributed by atoms with Crippen molar-refractivity contribution < 1.29 is 4.79 Å². The number of likely N-dealkylation sites (tertiary alicyclic amines) is 1. The van der Waals surface area contributed by atoms with Crippen LogP contribution in [0.2, 0.25) is 0 Å². The highest BCUT2D eigenvalue weighted by Crippen LogP contribution is 2.31. The van der Waals surface area contributed by atoms with Crippen molar-refractivity contribution in [2.24, 2.45) is 0 Å². The van der Waals surface area contributed by atoms with Crippen LogP contribution in [0.4, 0.5) is 0 Å². The van der Waals surface area contributed by atoms with Crippen LogP contribution in [0.5, 0.6) is 0 Å². The second kappa shape index (κ2) is 5.96. The minimum absolute atomic E-state index is 0.00738. The first kappa shape index (κ1) is 14.1. The molecule has 0 aromatic carbocycles. The molecular weight excluding hydrogens is 308 g/mol. The topological polar surface area (TPSA) is 50.5 Å². The summed E-state index contributed by atoms with van der Waals surface area (Å²) in [5.41, 5.74) is 1.88. The van der Waals surface area contributed by atoms with E-state index in [-0.39, 0.29) is 11.9 Å². The monoisotopic (exact) mass is 324 g/mol. The van der Waals surface area contributed by atoms with E-state index in [4.69, 9.17) is 0 Å². The van der Waals surface area contributed by atoms with Gasteiger partial charge >= 0.3 is 0 Å². The third-order valence-electron chi connectivity index (χ3n) is 4.14. The summed E-state index contributed by atoms with van der Waals surface area (Å²) in [5, 5.41) is 12.5. The van der Waals surface area contributed by atoms with Gasteiger partial charge in [-0.3, -0.25) is 9.20 Å². The van der Waals surface area contributed by atoms with E-state index in [9.17, 15) is 4.79 Å². The molecule has 1 aliphatic rings. The van der Waals surface area contributed by atoms with E-state index in [1.54, 1.807) is 17.4 Å². The Balaban J connectivity index is 1.60. The Morgan fingerprint density at radius 2 is 2.26 bits per heavy atom. The zero-order valence-corrected chi connectivity index (χ0v) is 13.3. The van der Waals surface area contributed by atoms with Gasteiger partial charge in [0.1, 0.15) is 0 Å². The van der Waals surface area contributed by atoms with Gasteiger partial charge in [-0.1, -0.05) is 6.07 Å². The van der Waals surface area contributed by atoms with Gasteiger partial charge in [-0.2, -0.15) is 11.3 Å². The van der Waals surface area contributed by atoms with E-state index < -0.39 is 0 Å². The average Bonchev–Trinajstić information content (AvgIpc) is 3.31. The number of nitrogens with zero attached hydrogens (tertiary/aromatic N) is 4. The minimum atomic E-state index is -0.00738. The molecule has 0 unspecified atom stereocenters. The highest BCUT2D eigenvalue weighted by Gasteiger charge is 2.32. The summed E-state index contributed by atoms with van der Waals surface area (Å²) >= 11 is 1.63. The lowest BCUT2D eigenvalue weighted by atomic mass is 10.2. The van der Waals surface area contributed by atoms with Gasteiger partial charge in [0.2, 0.25) is 5.91 Å². The van der Waals surface area contributed by atoms with Crippen LogP contribution in [0.3, 0.4) is 0 Å². The highest BCUT2D eigenvalue weighted by molar-refractivity contribution is 7.08. The Bertz CT molecular complexity index is 852. The molecule has 0 N–H and O–H groups in total. The van der Waals surface area contributed by atoms with E-state index in [1.807, 2.05) is 56.6 Å². The van der Waals surface area contributed by atoms with Gasteiger partial charge in [0, 0.05) is 18.8 Å². The predicted octanol–water partition coefficient (Wildman–Crippen LogP) is 3.17. The first-order valence-corrected chi connectivity index (χ1v) is 8.58. The molecule has 0 spiro atoms. The van der Waals surface area contributed by atoms with Crippen LogP contribution in [0.1, 0.15) is 30.3 Å². The van der Waals surface area contributed by atoms with Crippen molar-refractivity contribution >= 4 is 29.0 Å². The summed E-state index contributed by atoms with van der Waals surface area (Å²) in [4.78, 5) is 14.5. The van der Waals surface area contributed by atoms with Gasteiger partial charge in [0.25, 0.3) is 0 Å². The second-order valence-electron chi connectivity index (χ2n) is 5.57. The molecule has 3 aromatic rings. The van der Waals surface area contributed by atoms with E-state index in [2.05, 4.69) is 10.2 Å². The molecule has 5 nitrogen and oxygen atoms in total. The van der Waals surface area contributed by atoms with Gasteiger partial charge in [-0.25, -0.2) is 0 Å². The fourth-order valence-electron chi connectivity index (χ4n) is 3.02. The largest absolute Gasteiger partial charge is 0.329 e. The lowest BCUT2D eigenvalue weighted by Crippen LogP contribution is -2.30. The van der Waals surface area contributed by atoms with Gasteiger partial charge in [0.15, 0.2) is 11.5 Å². The molecule has 0 saturated carbocycles. The van der Waals surface area contributed by atoms with Gasteiger partial charge < -0.3 is 4.90 Å². The van der Waals surface area contributed by atoms with Gasteiger partial charge in [0.05, 0.1) is 6.04 Å². The van der Waals surface area contributed by atoms with Crippen LogP contribution < -0.4 is 0 Å². The molecule has 1 saturated heterocycles. The van der Waals surface area contributed by atoms with Crippen molar-refractivity contribution in [3.63, 3.8) is 0 Å². The molecule has 23 heavy (non-hydrogen) atoms. The molecular formula is C17H16N4OS. The Morgan fingerprint density at radius 1 is 1.30 bits per heavy atom. The van der Waals surface area contributed by atoms with E-state index in [1.165, 1.54) is 0 Å². The van der Waals surface area contributed by atoms with Crippen molar-refractivity contribution in [3.05, 3.63) is 58.7 Å². The average molecular weight is 324 g/mol. The number of rotatable bonds is 3. The van der Waals surface area contributed by atoms with Gasteiger partial charge in [-0.15, -0.1) is 10.2 Å². The lowest BCUT2D eigenvalue weighted by Gasteiger charge is -2.22. The number of pyridine rings is 1. The highest BCUT2D eigenvalue weighted by atomic mass is 32.1. The van der Waals surface area contributed by atoms with Crippen molar-refractivity contribution in [2.75, 3.05) is 6.54 Å². The zero-order chi connectivity index (χ0) is 15.6. The number of amides is 1. The van der Waals surface area contributed by atoms with Crippen LogP contribution in [-0.2, 0) is 4.79 Å². The molecule has 0 bridgehead atoms. The molecule has 0 radical (unpaired) electrons. The maximum atomic E-state index is 12.6. The SMILES string of the molecule is O=C(/C=C/c1ccsc1)N1CCC[C@H]1c1nnc2ccccn12. The summed E-state index contributed by atoms with van der Waals surface area (Å²) in [6.07, 6.45) is 7.39. The molecule has 0 aliphatic carbocycles.